The Morgan fingerprint density at radius 1 is 0.833 bits per heavy atom. The molecule has 0 unspecified atom stereocenters. The summed E-state index contributed by atoms with van der Waals surface area (Å²) in [5.74, 6) is -0.234. The van der Waals surface area contributed by atoms with Crippen LogP contribution in [-0.2, 0) is 0 Å². The molecule has 0 spiro atoms. The van der Waals surface area contributed by atoms with E-state index in [4.69, 9.17) is 26.7 Å². The van der Waals surface area contributed by atoms with Crippen molar-refractivity contribution in [3.05, 3.63) is 57.7 Å². The fraction of sp³-hybridized carbons (Fsp3) is 0. The number of fused-ring (bicyclic) bond motifs is 2. The van der Waals surface area contributed by atoms with Crippen molar-refractivity contribution in [2.24, 2.45) is 11.5 Å². The quantitative estimate of drug-likeness (QED) is 0.305. The molecule has 1 heterocycles. The molecule has 128 valence electrons. The number of hydrogen-bond acceptors (Lipinski definition) is 4. The maximum Gasteiger partial charge on any atom is 0.200 e. The first-order valence-electron chi connectivity index (χ1n) is 6.17. The van der Waals surface area contributed by atoms with Crippen LogP contribution >= 0.6 is 24.8 Å². The van der Waals surface area contributed by atoms with Gasteiger partial charge in [-0.25, -0.2) is 0 Å². The minimum atomic E-state index is -0.238. The molecule has 0 bridgehead atoms. The number of halogens is 2. The van der Waals surface area contributed by atoms with Crippen molar-refractivity contribution in [3.8, 4) is 0 Å². The van der Waals surface area contributed by atoms with E-state index >= 15 is 0 Å². The molecule has 0 fully saturated rings. The Bertz CT molecular complexity index is 911. The smallest absolute Gasteiger partial charge is 0.200 e. The Kier molecular flexibility index (Phi) is 6.93. The van der Waals surface area contributed by atoms with Crippen LogP contribution in [-0.4, -0.2) is 17.1 Å². The van der Waals surface area contributed by atoms with Gasteiger partial charge in [-0.05, 0) is 36.4 Å². The first-order chi connectivity index (χ1) is 9.97. The molecule has 24 heavy (non-hydrogen) atoms. The first kappa shape index (κ1) is 21.4. The molecule has 3 aromatic rings. The molecule has 9 heteroatoms. The van der Waals surface area contributed by atoms with Gasteiger partial charge in [0.1, 0.15) is 22.8 Å². The molecule has 0 aliphatic rings. The van der Waals surface area contributed by atoms with Crippen LogP contribution in [0, 0.1) is 10.8 Å². The van der Waals surface area contributed by atoms with Crippen LogP contribution in [0.25, 0.3) is 21.9 Å². The molecule has 8 N–H and O–H groups in total. The molecule has 7 nitrogen and oxygen atoms in total. The Balaban J connectivity index is 0.00000176. The lowest BCUT2D eigenvalue weighted by Crippen LogP contribution is -2.13. The predicted molar refractivity (Wildman–Crippen MR) is 100 cm³/mol. The van der Waals surface area contributed by atoms with Crippen LogP contribution in [0.5, 0.6) is 0 Å². The van der Waals surface area contributed by atoms with Crippen LogP contribution in [0.1, 0.15) is 11.1 Å². The second-order valence-corrected chi connectivity index (χ2v) is 4.68. The summed E-state index contributed by atoms with van der Waals surface area (Å²) in [6.07, 6.45) is 0. The molecule has 0 aliphatic carbocycles. The largest absolute Gasteiger partial charge is 0.456 e. The topological polar surface area (TPSA) is 161 Å². The molecular formula is C15H16Cl2N4O3. The minimum absolute atomic E-state index is 0. The van der Waals surface area contributed by atoms with Crippen molar-refractivity contribution in [1.29, 1.82) is 10.8 Å². The van der Waals surface area contributed by atoms with Gasteiger partial charge in [-0.3, -0.25) is 15.6 Å². The normalized spacial score (nSPS) is 9.50. The summed E-state index contributed by atoms with van der Waals surface area (Å²) in [5, 5.41) is 15.6. The SMILES string of the molecule is Cl.Cl.N=C(N)c1ccc2oc3ccc(C(=N)N)cc3c(=O)c2c1.O. The Morgan fingerprint density at radius 2 is 1.21 bits per heavy atom. The summed E-state index contributed by atoms with van der Waals surface area (Å²) in [6, 6.07) is 9.55. The van der Waals surface area contributed by atoms with E-state index in [2.05, 4.69) is 0 Å². The molecule has 0 amide bonds. The van der Waals surface area contributed by atoms with Gasteiger partial charge in [-0.2, -0.15) is 0 Å². The molecular weight excluding hydrogens is 355 g/mol. The van der Waals surface area contributed by atoms with E-state index in [1.165, 1.54) is 12.1 Å². The highest BCUT2D eigenvalue weighted by Crippen LogP contribution is 2.20. The molecule has 0 saturated carbocycles. The summed E-state index contributed by atoms with van der Waals surface area (Å²) in [7, 11) is 0. The summed E-state index contributed by atoms with van der Waals surface area (Å²) < 4.78 is 5.67. The molecule has 1 aromatic heterocycles. The summed E-state index contributed by atoms with van der Waals surface area (Å²) in [4.78, 5) is 12.6. The maximum absolute atomic E-state index is 12.6. The number of nitrogens with one attached hydrogen (secondary N) is 2. The Morgan fingerprint density at radius 3 is 1.54 bits per heavy atom. The van der Waals surface area contributed by atoms with E-state index in [0.29, 0.717) is 33.1 Å². The fourth-order valence-electron chi connectivity index (χ4n) is 2.19. The highest BCUT2D eigenvalue weighted by Gasteiger charge is 2.10. The monoisotopic (exact) mass is 370 g/mol. The van der Waals surface area contributed by atoms with E-state index < -0.39 is 0 Å². The van der Waals surface area contributed by atoms with Gasteiger partial charge in [0.05, 0.1) is 10.8 Å². The first-order valence-corrected chi connectivity index (χ1v) is 6.17. The van der Waals surface area contributed by atoms with E-state index in [0.717, 1.165) is 0 Å². The van der Waals surface area contributed by atoms with Crippen molar-refractivity contribution in [1.82, 2.24) is 0 Å². The summed E-state index contributed by atoms with van der Waals surface area (Å²) in [5.41, 5.74) is 12.4. The third-order valence-corrected chi connectivity index (χ3v) is 3.29. The van der Waals surface area contributed by atoms with Crippen LogP contribution in [0.15, 0.2) is 45.6 Å². The highest BCUT2D eigenvalue weighted by atomic mass is 35.5. The van der Waals surface area contributed by atoms with Gasteiger partial charge in [0.2, 0.25) is 5.43 Å². The molecule has 3 rings (SSSR count). The average molecular weight is 371 g/mol. The molecule has 0 atom stereocenters. The Labute approximate surface area is 148 Å². The van der Waals surface area contributed by atoms with Crippen LogP contribution in [0.4, 0.5) is 0 Å². The highest BCUT2D eigenvalue weighted by molar-refractivity contribution is 6.02. The van der Waals surface area contributed by atoms with Gasteiger partial charge < -0.3 is 21.4 Å². The van der Waals surface area contributed by atoms with Crippen molar-refractivity contribution in [2.75, 3.05) is 0 Å². The lowest BCUT2D eigenvalue weighted by Gasteiger charge is -2.05. The van der Waals surface area contributed by atoms with Crippen LogP contribution in [0.3, 0.4) is 0 Å². The zero-order valence-electron chi connectivity index (χ0n) is 12.3. The van der Waals surface area contributed by atoms with E-state index in [1.54, 1.807) is 24.3 Å². The molecule has 0 saturated heterocycles. The fourth-order valence-corrected chi connectivity index (χ4v) is 2.19. The number of hydrogen-bond donors (Lipinski definition) is 4. The zero-order chi connectivity index (χ0) is 15.1. The van der Waals surface area contributed by atoms with Gasteiger partial charge in [0.25, 0.3) is 0 Å². The van der Waals surface area contributed by atoms with Gasteiger partial charge in [0, 0.05) is 11.1 Å². The number of rotatable bonds is 2. The summed E-state index contributed by atoms with van der Waals surface area (Å²) in [6.45, 7) is 0. The lowest BCUT2D eigenvalue weighted by atomic mass is 10.1. The summed E-state index contributed by atoms with van der Waals surface area (Å²) >= 11 is 0. The maximum atomic E-state index is 12.6. The van der Waals surface area contributed by atoms with Crippen molar-refractivity contribution in [2.45, 2.75) is 0 Å². The van der Waals surface area contributed by atoms with Gasteiger partial charge in [0.15, 0.2) is 0 Å². The number of nitrogen functional groups attached to an aromatic ring is 2. The minimum Gasteiger partial charge on any atom is -0.456 e. The third-order valence-electron chi connectivity index (χ3n) is 3.29. The third kappa shape index (κ3) is 3.48. The second kappa shape index (κ2) is 7.78. The Hall–Kier alpha value is -2.61. The van der Waals surface area contributed by atoms with Gasteiger partial charge >= 0.3 is 0 Å². The number of benzene rings is 2. The predicted octanol–water partition coefficient (Wildman–Crippen LogP) is 1.53. The second-order valence-electron chi connectivity index (χ2n) is 4.68. The average Bonchev–Trinajstić information content (AvgIpc) is 2.46. The number of nitrogens with two attached hydrogens (primary N) is 2. The zero-order valence-corrected chi connectivity index (χ0v) is 13.9. The van der Waals surface area contributed by atoms with Crippen LogP contribution < -0.4 is 16.9 Å². The van der Waals surface area contributed by atoms with Crippen molar-refractivity contribution < 1.29 is 9.89 Å². The van der Waals surface area contributed by atoms with Gasteiger partial charge in [-0.15, -0.1) is 24.8 Å². The molecule has 2 aromatic carbocycles. The van der Waals surface area contributed by atoms with Crippen molar-refractivity contribution >= 4 is 58.4 Å². The van der Waals surface area contributed by atoms with E-state index in [1.807, 2.05) is 0 Å². The standard InChI is InChI=1S/C15H12N4O2.2ClH.H2O/c16-14(17)7-1-3-11-9(5-7)13(20)10-6-8(15(18)19)2-4-12(10)21-11;;;/h1-6H,(H3,16,17)(H3,18,19);2*1H;1H2. The van der Waals surface area contributed by atoms with Crippen molar-refractivity contribution in [3.63, 3.8) is 0 Å². The molecule has 0 radical (unpaired) electrons. The van der Waals surface area contributed by atoms with E-state index in [9.17, 15) is 4.79 Å². The number of amidine groups is 2. The van der Waals surface area contributed by atoms with E-state index in [-0.39, 0.29) is 47.4 Å². The van der Waals surface area contributed by atoms with Gasteiger partial charge in [-0.1, -0.05) is 0 Å². The lowest BCUT2D eigenvalue weighted by molar-refractivity contribution is 0.660. The molecule has 0 aliphatic heterocycles. The van der Waals surface area contributed by atoms with Crippen LogP contribution in [0.2, 0.25) is 0 Å².